The summed E-state index contributed by atoms with van der Waals surface area (Å²) in [6.45, 7) is 5.25. The second kappa shape index (κ2) is 7.90. The average Bonchev–Trinajstić information content (AvgIpc) is 3.31. The Morgan fingerprint density at radius 1 is 1.07 bits per heavy atom. The summed E-state index contributed by atoms with van der Waals surface area (Å²) in [5, 5.41) is 3.10. The van der Waals surface area contributed by atoms with Gasteiger partial charge in [-0.1, -0.05) is 35.9 Å². The van der Waals surface area contributed by atoms with Gasteiger partial charge >= 0.3 is 0 Å². The molecule has 5 heteroatoms. The third-order valence-electron chi connectivity index (χ3n) is 6.38. The molecule has 1 saturated heterocycles. The number of aryl methyl sites for hydroxylation is 1. The Kier molecular flexibility index (Phi) is 4.95. The molecule has 2 aliphatic rings. The number of hydrogen-bond acceptors (Lipinski definition) is 4. The molecule has 3 heterocycles. The van der Waals surface area contributed by atoms with Crippen LogP contribution in [0.15, 0.2) is 71.3 Å². The first-order valence-electron chi connectivity index (χ1n) is 10.7. The summed E-state index contributed by atoms with van der Waals surface area (Å²) < 4.78 is 5.39. The van der Waals surface area contributed by atoms with E-state index in [4.69, 9.17) is 4.42 Å². The summed E-state index contributed by atoms with van der Waals surface area (Å²) in [5.74, 6) is 0.783. The molecule has 1 fully saturated rings. The van der Waals surface area contributed by atoms with E-state index >= 15 is 0 Å². The molecule has 2 aliphatic heterocycles. The Morgan fingerprint density at radius 3 is 2.70 bits per heavy atom. The lowest BCUT2D eigenvalue weighted by molar-refractivity contribution is -0.126. The van der Waals surface area contributed by atoms with Crippen LogP contribution < -0.4 is 15.1 Å². The van der Waals surface area contributed by atoms with E-state index < -0.39 is 0 Å². The van der Waals surface area contributed by atoms with Gasteiger partial charge in [0.15, 0.2) is 0 Å². The first-order chi connectivity index (χ1) is 14.7. The van der Waals surface area contributed by atoms with Crippen molar-refractivity contribution in [2.24, 2.45) is 5.92 Å². The van der Waals surface area contributed by atoms with Crippen LogP contribution >= 0.6 is 0 Å². The zero-order valence-corrected chi connectivity index (χ0v) is 17.3. The number of rotatable bonds is 4. The second-order valence-electron chi connectivity index (χ2n) is 8.28. The molecule has 5 nitrogen and oxygen atoms in total. The topological polar surface area (TPSA) is 48.7 Å². The largest absolute Gasteiger partial charge is 0.467 e. The fraction of sp³-hybridized carbons (Fsp3) is 0.320. The van der Waals surface area contributed by atoms with Crippen molar-refractivity contribution < 1.29 is 9.21 Å². The molecule has 0 saturated carbocycles. The molecule has 1 amide bonds. The summed E-state index contributed by atoms with van der Waals surface area (Å²) >= 11 is 0. The standard InChI is InChI=1S/C25H27N3O2/c1-18-8-10-20(11-9-18)27-12-13-28-23-7-3-2-5-19(23)15-22(24(28)17-27)25(29)26-16-21-6-4-14-30-21/h2-11,14,22,24H,12-13,15-17H2,1H3,(H,26,29)/t22-,24-/m1/s1. The maximum atomic E-state index is 13.2. The van der Waals surface area contributed by atoms with Crippen LogP contribution in [0.25, 0.3) is 0 Å². The minimum atomic E-state index is -0.0943. The number of benzene rings is 2. The molecule has 0 unspecified atom stereocenters. The van der Waals surface area contributed by atoms with E-state index in [2.05, 4.69) is 70.6 Å². The summed E-state index contributed by atoms with van der Waals surface area (Å²) in [7, 11) is 0. The number of furan rings is 1. The number of anilines is 2. The van der Waals surface area contributed by atoms with Crippen LogP contribution in [0.1, 0.15) is 16.9 Å². The van der Waals surface area contributed by atoms with Gasteiger partial charge in [0.05, 0.1) is 24.8 Å². The first kappa shape index (κ1) is 18.8. The monoisotopic (exact) mass is 401 g/mol. The van der Waals surface area contributed by atoms with E-state index in [-0.39, 0.29) is 17.9 Å². The van der Waals surface area contributed by atoms with Gasteiger partial charge in [0.2, 0.25) is 5.91 Å². The van der Waals surface area contributed by atoms with Gasteiger partial charge < -0.3 is 19.5 Å². The van der Waals surface area contributed by atoms with E-state index in [1.807, 2.05) is 12.1 Å². The number of carbonyl (C=O) groups excluding carboxylic acids is 1. The maximum absolute atomic E-state index is 13.2. The molecule has 0 bridgehead atoms. The van der Waals surface area contributed by atoms with Crippen LogP contribution in [0.4, 0.5) is 11.4 Å². The van der Waals surface area contributed by atoms with Crippen LogP contribution in [-0.2, 0) is 17.8 Å². The van der Waals surface area contributed by atoms with Crippen molar-refractivity contribution in [2.75, 3.05) is 29.4 Å². The number of piperazine rings is 1. The van der Waals surface area contributed by atoms with Gasteiger partial charge in [0.25, 0.3) is 0 Å². The second-order valence-corrected chi connectivity index (χ2v) is 8.28. The fourth-order valence-electron chi connectivity index (χ4n) is 4.77. The normalized spacial score (nSPS) is 20.4. The Labute approximate surface area is 177 Å². The van der Waals surface area contributed by atoms with Gasteiger partial charge in [-0.15, -0.1) is 0 Å². The van der Waals surface area contributed by atoms with Crippen molar-refractivity contribution in [1.82, 2.24) is 5.32 Å². The SMILES string of the molecule is Cc1ccc(N2CCN3c4ccccc4C[C@@H](C(=O)NCc4ccco4)[C@H]3C2)cc1. The lowest BCUT2D eigenvalue weighted by atomic mass is 9.83. The van der Waals surface area contributed by atoms with E-state index in [1.54, 1.807) is 6.26 Å². The van der Waals surface area contributed by atoms with Crippen LogP contribution in [0.5, 0.6) is 0 Å². The van der Waals surface area contributed by atoms with Gasteiger partial charge in [0.1, 0.15) is 5.76 Å². The lowest BCUT2D eigenvalue weighted by Crippen LogP contribution is -2.61. The zero-order chi connectivity index (χ0) is 20.5. The molecule has 0 aliphatic carbocycles. The molecule has 5 rings (SSSR count). The maximum Gasteiger partial charge on any atom is 0.225 e. The fourth-order valence-corrected chi connectivity index (χ4v) is 4.77. The van der Waals surface area contributed by atoms with Gasteiger partial charge in [-0.2, -0.15) is 0 Å². The minimum Gasteiger partial charge on any atom is -0.467 e. The third-order valence-corrected chi connectivity index (χ3v) is 6.38. The first-order valence-corrected chi connectivity index (χ1v) is 10.7. The molecular weight excluding hydrogens is 374 g/mol. The number of para-hydroxylation sites is 1. The van der Waals surface area contributed by atoms with Crippen LogP contribution in [-0.4, -0.2) is 31.6 Å². The Hall–Kier alpha value is -3.21. The van der Waals surface area contributed by atoms with Crippen molar-refractivity contribution in [3.63, 3.8) is 0 Å². The predicted molar refractivity (Wildman–Crippen MR) is 119 cm³/mol. The molecule has 2 aromatic carbocycles. The number of nitrogens with zero attached hydrogens (tertiary/aromatic N) is 2. The van der Waals surface area contributed by atoms with Crippen molar-refractivity contribution in [3.05, 3.63) is 83.8 Å². The molecule has 0 spiro atoms. The number of fused-ring (bicyclic) bond motifs is 3. The molecule has 30 heavy (non-hydrogen) atoms. The van der Waals surface area contributed by atoms with Gasteiger partial charge in [0, 0.05) is 31.0 Å². The molecule has 1 N–H and O–H groups in total. The summed E-state index contributed by atoms with van der Waals surface area (Å²) in [6, 6.07) is 21.1. The highest BCUT2D eigenvalue weighted by Gasteiger charge is 2.41. The zero-order valence-electron chi connectivity index (χ0n) is 17.3. The van der Waals surface area contributed by atoms with Crippen molar-refractivity contribution in [3.8, 4) is 0 Å². The number of hydrogen-bond donors (Lipinski definition) is 1. The van der Waals surface area contributed by atoms with E-state index in [0.29, 0.717) is 6.54 Å². The van der Waals surface area contributed by atoms with Crippen LogP contribution in [0.3, 0.4) is 0 Å². The quantitative estimate of drug-likeness (QED) is 0.723. The van der Waals surface area contributed by atoms with E-state index in [0.717, 1.165) is 31.8 Å². The Balaban J connectivity index is 1.40. The number of nitrogens with one attached hydrogen (secondary N) is 1. The lowest BCUT2D eigenvalue weighted by Gasteiger charge is -2.49. The molecule has 2 atom stereocenters. The highest BCUT2D eigenvalue weighted by atomic mass is 16.3. The Bertz CT molecular complexity index is 1010. The third kappa shape index (κ3) is 3.56. The Morgan fingerprint density at radius 2 is 1.90 bits per heavy atom. The summed E-state index contributed by atoms with van der Waals surface area (Å²) in [6.07, 6.45) is 2.41. The molecule has 1 aromatic heterocycles. The summed E-state index contributed by atoms with van der Waals surface area (Å²) in [5.41, 5.74) is 5.03. The average molecular weight is 402 g/mol. The predicted octanol–water partition coefficient (Wildman–Crippen LogP) is 3.77. The number of amides is 1. The van der Waals surface area contributed by atoms with E-state index in [9.17, 15) is 4.79 Å². The molecule has 3 aromatic rings. The molecular formula is C25H27N3O2. The smallest absolute Gasteiger partial charge is 0.225 e. The van der Waals surface area contributed by atoms with Crippen LogP contribution in [0.2, 0.25) is 0 Å². The van der Waals surface area contributed by atoms with Gasteiger partial charge in [-0.3, -0.25) is 4.79 Å². The number of carbonyl (C=O) groups is 1. The van der Waals surface area contributed by atoms with E-state index in [1.165, 1.54) is 22.5 Å². The van der Waals surface area contributed by atoms with Crippen molar-refractivity contribution >= 4 is 17.3 Å². The van der Waals surface area contributed by atoms with Crippen LogP contribution in [0, 0.1) is 12.8 Å². The van der Waals surface area contributed by atoms with Gasteiger partial charge in [-0.25, -0.2) is 0 Å². The summed E-state index contributed by atoms with van der Waals surface area (Å²) in [4.78, 5) is 18.1. The molecule has 154 valence electrons. The minimum absolute atomic E-state index is 0.0943. The highest BCUT2D eigenvalue weighted by molar-refractivity contribution is 5.82. The highest BCUT2D eigenvalue weighted by Crippen LogP contribution is 2.37. The van der Waals surface area contributed by atoms with Crippen molar-refractivity contribution in [1.29, 1.82) is 0 Å². The molecule has 0 radical (unpaired) electrons. The van der Waals surface area contributed by atoms with Crippen molar-refractivity contribution in [2.45, 2.75) is 25.9 Å². The van der Waals surface area contributed by atoms with Gasteiger partial charge in [-0.05, 0) is 49.2 Å².